The highest BCUT2D eigenvalue weighted by Crippen LogP contribution is 2.73. The van der Waals surface area contributed by atoms with Crippen molar-refractivity contribution in [3.05, 3.63) is 23.3 Å². The Labute approximate surface area is 242 Å². The van der Waals surface area contributed by atoms with Crippen LogP contribution in [0.25, 0.3) is 0 Å². The average molecular weight is 571 g/mol. The van der Waals surface area contributed by atoms with Crippen molar-refractivity contribution >= 4 is 17.5 Å². The number of ketones is 2. The molecule has 5 aliphatic carbocycles. The number of carbonyl (C=O) groups is 3. The third-order valence-corrected chi connectivity index (χ3v) is 12.8. The zero-order valence-electron chi connectivity index (χ0n) is 25.4. The molecule has 0 aliphatic heterocycles. The smallest absolute Gasteiger partial charge is 0.321 e. The van der Waals surface area contributed by atoms with Gasteiger partial charge in [-0.15, -0.1) is 0 Å². The quantitative estimate of drug-likeness (QED) is 0.453. The number of aliphatic hydroxyl groups is 1. The predicted molar refractivity (Wildman–Crippen MR) is 149 cm³/mol. The number of aliphatic hydroxyl groups excluding tert-OH is 1. The van der Waals surface area contributed by atoms with E-state index in [0.29, 0.717) is 45.4 Å². The van der Waals surface area contributed by atoms with E-state index in [4.69, 9.17) is 0 Å². The lowest BCUT2D eigenvalue weighted by atomic mass is 9.35. The maximum atomic E-state index is 14.4. The summed E-state index contributed by atoms with van der Waals surface area (Å²) in [6.45, 7) is 12.6. The molecular formula is C33H44F2N2O4. The molecule has 0 aromatic rings. The number of nitrogens with zero attached hydrogens (tertiary/aromatic N) is 1. The highest BCUT2D eigenvalue weighted by molar-refractivity contribution is 6.05. The topological polar surface area (TPSA) is 107 Å². The second-order valence-corrected chi connectivity index (χ2v) is 15.6. The van der Waals surface area contributed by atoms with Gasteiger partial charge < -0.3 is 10.4 Å². The Morgan fingerprint density at radius 2 is 1.73 bits per heavy atom. The number of fused-ring (bicyclic) bond motifs is 7. The zero-order valence-corrected chi connectivity index (χ0v) is 25.4. The normalized spacial score (nSPS) is 45.1. The van der Waals surface area contributed by atoms with Crippen molar-refractivity contribution < 1.29 is 28.3 Å². The largest absolute Gasteiger partial charge is 0.395 e. The summed E-state index contributed by atoms with van der Waals surface area (Å²) < 4.78 is 28.3. The van der Waals surface area contributed by atoms with Gasteiger partial charge in [-0.25, -0.2) is 0 Å². The molecule has 0 radical (unpaired) electrons. The molecule has 0 bridgehead atoms. The molecule has 224 valence electrons. The molecule has 8 heteroatoms. The first-order valence-electron chi connectivity index (χ1n) is 15.0. The van der Waals surface area contributed by atoms with Crippen molar-refractivity contribution in [2.24, 2.45) is 44.8 Å². The van der Waals surface area contributed by atoms with E-state index in [1.807, 2.05) is 6.92 Å². The first-order chi connectivity index (χ1) is 18.7. The Balaban J connectivity index is 1.67. The molecule has 0 saturated heterocycles. The van der Waals surface area contributed by atoms with Gasteiger partial charge in [0.1, 0.15) is 6.07 Å². The van der Waals surface area contributed by atoms with Crippen molar-refractivity contribution in [1.82, 2.24) is 5.32 Å². The van der Waals surface area contributed by atoms with Crippen molar-refractivity contribution in [3.8, 4) is 6.07 Å². The maximum absolute atomic E-state index is 14.4. The minimum atomic E-state index is -3.52. The van der Waals surface area contributed by atoms with Gasteiger partial charge in [-0.1, -0.05) is 46.3 Å². The van der Waals surface area contributed by atoms with Gasteiger partial charge >= 0.3 is 5.92 Å². The van der Waals surface area contributed by atoms with Gasteiger partial charge in [0, 0.05) is 23.8 Å². The third-order valence-electron chi connectivity index (χ3n) is 12.8. The number of Topliss-reactive ketones (excluding diaryl/α,β-unsaturated/α-hetero) is 1. The van der Waals surface area contributed by atoms with E-state index in [9.17, 15) is 33.5 Å². The minimum Gasteiger partial charge on any atom is -0.395 e. The Morgan fingerprint density at radius 1 is 1.10 bits per heavy atom. The summed E-state index contributed by atoms with van der Waals surface area (Å²) >= 11 is 0. The van der Waals surface area contributed by atoms with Crippen LogP contribution in [0.2, 0.25) is 0 Å². The number of carbonyl (C=O) groups excluding carboxylic acids is 3. The van der Waals surface area contributed by atoms with E-state index in [-0.39, 0.29) is 41.0 Å². The number of nitriles is 1. The monoisotopic (exact) mass is 570 g/mol. The Morgan fingerprint density at radius 3 is 2.32 bits per heavy atom. The predicted octanol–water partition coefficient (Wildman–Crippen LogP) is 5.70. The lowest BCUT2D eigenvalue weighted by Gasteiger charge is -2.69. The van der Waals surface area contributed by atoms with E-state index < -0.39 is 44.9 Å². The third kappa shape index (κ3) is 3.90. The first kappa shape index (κ1) is 30.1. The second-order valence-electron chi connectivity index (χ2n) is 15.6. The van der Waals surface area contributed by atoms with Crippen LogP contribution in [-0.4, -0.2) is 40.6 Å². The summed E-state index contributed by atoms with van der Waals surface area (Å²) in [5.41, 5.74) is -3.00. The number of halogens is 2. The van der Waals surface area contributed by atoms with Crippen LogP contribution in [0.5, 0.6) is 0 Å². The Bertz CT molecular complexity index is 1320. The van der Waals surface area contributed by atoms with Gasteiger partial charge in [-0.05, 0) is 86.0 Å². The maximum Gasteiger partial charge on any atom is 0.321 e. The van der Waals surface area contributed by atoms with Crippen LogP contribution in [-0.2, 0) is 14.4 Å². The minimum absolute atomic E-state index is 0.0186. The van der Waals surface area contributed by atoms with Crippen LogP contribution >= 0.6 is 0 Å². The fourth-order valence-corrected chi connectivity index (χ4v) is 10.2. The molecule has 2 N–H and O–H groups in total. The lowest BCUT2D eigenvalue weighted by Crippen LogP contribution is -2.70. The van der Waals surface area contributed by atoms with E-state index in [0.717, 1.165) is 12.0 Å². The van der Waals surface area contributed by atoms with Crippen LogP contribution in [0.15, 0.2) is 23.3 Å². The van der Waals surface area contributed by atoms with Crippen molar-refractivity contribution in [3.63, 3.8) is 0 Å². The summed E-state index contributed by atoms with van der Waals surface area (Å²) in [4.78, 5) is 40.4. The van der Waals surface area contributed by atoms with Crippen LogP contribution in [0.3, 0.4) is 0 Å². The SMILES string of the molecule is CC1(C)CC[C@]2(NC(=O)C(C)(F)F)CC[C@]3(C)C(C(=O)C=C4[C@@]5(C)C=C(C#N)C(=O)[C@@](C)(CO)[C@@H]5CC[C@]43C)C2C1. The molecule has 0 aromatic carbocycles. The summed E-state index contributed by atoms with van der Waals surface area (Å²) in [6.07, 6.45) is 7.84. The fourth-order valence-electron chi connectivity index (χ4n) is 10.2. The van der Waals surface area contributed by atoms with Crippen molar-refractivity contribution in [2.45, 2.75) is 105 Å². The molecule has 3 fully saturated rings. The molecule has 8 atom stereocenters. The number of nitrogens with one attached hydrogen (secondary N) is 1. The van der Waals surface area contributed by atoms with Gasteiger partial charge in [0.2, 0.25) is 0 Å². The van der Waals surface area contributed by atoms with Gasteiger partial charge in [0.05, 0.1) is 17.6 Å². The highest BCUT2D eigenvalue weighted by atomic mass is 19.3. The van der Waals surface area contributed by atoms with E-state index in [1.165, 1.54) is 0 Å². The van der Waals surface area contributed by atoms with Crippen molar-refractivity contribution in [2.75, 3.05) is 6.61 Å². The molecule has 0 spiro atoms. The van der Waals surface area contributed by atoms with Crippen LogP contribution < -0.4 is 5.32 Å². The number of hydrogen-bond donors (Lipinski definition) is 2. The molecule has 5 rings (SSSR count). The molecule has 1 amide bonds. The van der Waals surface area contributed by atoms with Crippen LogP contribution in [0, 0.1) is 56.2 Å². The molecular weight excluding hydrogens is 526 g/mol. The molecule has 0 heterocycles. The molecule has 3 saturated carbocycles. The molecule has 0 aromatic heterocycles. The highest BCUT2D eigenvalue weighted by Gasteiger charge is 2.70. The van der Waals surface area contributed by atoms with Crippen LogP contribution in [0.4, 0.5) is 8.78 Å². The lowest BCUT2D eigenvalue weighted by molar-refractivity contribution is -0.169. The number of allylic oxidation sites excluding steroid dienone is 4. The van der Waals surface area contributed by atoms with E-state index in [2.05, 4.69) is 39.1 Å². The number of rotatable bonds is 3. The van der Waals surface area contributed by atoms with Gasteiger partial charge in [-0.3, -0.25) is 14.4 Å². The molecule has 2 unspecified atom stereocenters. The zero-order chi connectivity index (χ0) is 30.6. The van der Waals surface area contributed by atoms with Gasteiger partial charge in [-0.2, -0.15) is 14.0 Å². The Kier molecular flexibility index (Phi) is 6.46. The number of amides is 1. The molecule has 5 aliphatic rings. The first-order valence-corrected chi connectivity index (χ1v) is 15.0. The standard InChI is InChI=1S/C33H44F2N2O4/c1-27(2)10-12-33(37-26(41)32(7,34)35)13-11-31(6)24(20(33)16-27)21(39)14-23-28(3)15-19(17-36)25(40)29(4,18-38)22(28)8-9-30(23,31)5/h14-15,20,22,24,38H,8-13,16,18H2,1-7H3,(H,37,41)/t20?,22-,24?,28+,29+,30-,31-,33+/m1/s1. The number of alkyl halides is 2. The summed E-state index contributed by atoms with van der Waals surface area (Å²) in [7, 11) is 0. The van der Waals surface area contributed by atoms with Gasteiger partial charge in [0.15, 0.2) is 11.6 Å². The molecule has 41 heavy (non-hydrogen) atoms. The number of hydrogen-bond acceptors (Lipinski definition) is 5. The van der Waals surface area contributed by atoms with E-state index in [1.54, 1.807) is 19.1 Å². The summed E-state index contributed by atoms with van der Waals surface area (Å²) in [5, 5.41) is 23.1. The average Bonchev–Trinajstić information content (AvgIpc) is 2.87. The summed E-state index contributed by atoms with van der Waals surface area (Å²) in [5.74, 6) is -6.27. The fraction of sp³-hybridized carbons (Fsp3) is 0.758. The molecule has 6 nitrogen and oxygen atoms in total. The van der Waals surface area contributed by atoms with Gasteiger partial charge in [0.25, 0.3) is 5.91 Å². The second kappa shape index (κ2) is 8.81. The Hall–Kier alpha value is -2.40. The van der Waals surface area contributed by atoms with E-state index >= 15 is 0 Å². The van der Waals surface area contributed by atoms with Crippen LogP contribution in [0.1, 0.15) is 93.4 Å². The summed E-state index contributed by atoms with van der Waals surface area (Å²) in [6, 6.07) is 2.05. The van der Waals surface area contributed by atoms with Crippen molar-refractivity contribution in [1.29, 1.82) is 5.26 Å².